The number of benzene rings is 2. The van der Waals surface area contributed by atoms with Crippen molar-refractivity contribution in [2.75, 3.05) is 0 Å². The molecule has 39 heavy (non-hydrogen) atoms. The summed E-state index contributed by atoms with van der Waals surface area (Å²) in [5.74, 6) is -0.812. The molecule has 0 atom stereocenters. The third-order valence-electron chi connectivity index (χ3n) is 5.94. The van der Waals surface area contributed by atoms with Crippen molar-refractivity contribution in [3.63, 3.8) is 0 Å². The first-order valence-electron chi connectivity index (χ1n) is 11.4. The summed E-state index contributed by atoms with van der Waals surface area (Å²) in [7, 11) is 0. The van der Waals surface area contributed by atoms with E-state index in [1.54, 1.807) is 0 Å². The molecule has 0 aliphatic carbocycles. The van der Waals surface area contributed by atoms with E-state index in [-0.39, 0.29) is 29.3 Å². The molecule has 14 heteroatoms. The molecule has 2 aromatic heterocycles. The summed E-state index contributed by atoms with van der Waals surface area (Å²) in [6.07, 6.45) is -13.3. The maximum absolute atomic E-state index is 13.9. The van der Waals surface area contributed by atoms with Gasteiger partial charge in [-0.3, -0.25) is 0 Å². The molecule has 4 aromatic rings. The molecular weight excluding hydrogens is 543 g/mol. The molecule has 0 amide bonds. The van der Waals surface area contributed by atoms with Crippen molar-refractivity contribution in [1.82, 2.24) is 14.7 Å². The van der Waals surface area contributed by atoms with E-state index in [9.17, 15) is 39.5 Å². The quantitative estimate of drug-likeness (QED) is 0.175. The van der Waals surface area contributed by atoms with Crippen LogP contribution in [0.4, 0.5) is 45.2 Å². The maximum Gasteiger partial charge on any atom is 0.416 e. The highest BCUT2D eigenvalue weighted by Crippen LogP contribution is 2.43. The minimum atomic E-state index is -5.09. The number of aryl methyl sites for hydroxylation is 1. The van der Waals surface area contributed by atoms with Gasteiger partial charge in [0.2, 0.25) is 0 Å². The lowest BCUT2D eigenvalue weighted by atomic mass is 10.0. The van der Waals surface area contributed by atoms with Crippen LogP contribution in [0, 0.1) is 6.57 Å². The molecule has 4 rings (SSSR count). The number of aromatic nitrogens is 3. The lowest BCUT2D eigenvalue weighted by Gasteiger charge is -2.12. The summed E-state index contributed by atoms with van der Waals surface area (Å²) in [4.78, 5) is 6.91. The number of alkyl halides is 9. The lowest BCUT2D eigenvalue weighted by Crippen LogP contribution is -2.11. The Morgan fingerprint density at radius 2 is 1.54 bits per heavy atom. The third kappa shape index (κ3) is 5.71. The van der Waals surface area contributed by atoms with Crippen molar-refractivity contribution in [3.8, 4) is 11.5 Å². The van der Waals surface area contributed by atoms with E-state index >= 15 is 0 Å². The van der Waals surface area contributed by atoms with E-state index in [0.717, 1.165) is 6.07 Å². The molecule has 0 bridgehead atoms. The van der Waals surface area contributed by atoms with Gasteiger partial charge in [0.15, 0.2) is 11.5 Å². The molecule has 0 unspecified atom stereocenters. The fourth-order valence-corrected chi connectivity index (χ4v) is 4.18. The monoisotopic (exact) mass is 560 g/mol. The molecule has 0 radical (unpaired) electrons. The van der Waals surface area contributed by atoms with Crippen LogP contribution in [-0.2, 0) is 31.5 Å². The van der Waals surface area contributed by atoms with Crippen molar-refractivity contribution in [1.29, 1.82) is 0 Å². The topological polar surface area (TPSA) is 48.2 Å². The molecule has 0 N–H and O–H groups in total. The Balaban J connectivity index is 1.81. The van der Waals surface area contributed by atoms with Gasteiger partial charge in [0.25, 0.3) is 5.89 Å². The van der Waals surface area contributed by atoms with E-state index in [1.165, 1.54) is 16.7 Å². The lowest BCUT2D eigenvalue weighted by molar-refractivity contribution is -0.143. The molecule has 2 aromatic carbocycles. The van der Waals surface area contributed by atoms with Crippen LogP contribution in [0.1, 0.15) is 48.0 Å². The zero-order chi connectivity index (χ0) is 28.8. The molecule has 5 nitrogen and oxygen atoms in total. The normalized spacial score (nSPS) is 12.7. The van der Waals surface area contributed by atoms with Gasteiger partial charge in [-0.15, -0.1) is 0 Å². The van der Waals surface area contributed by atoms with Crippen molar-refractivity contribution in [2.45, 2.75) is 51.3 Å². The van der Waals surface area contributed by atoms with Crippen LogP contribution >= 0.6 is 0 Å². The fourth-order valence-electron chi connectivity index (χ4n) is 4.18. The van der Waals surface area contributed by atoms with Crippen LogP contribution in [-0.4, -0.2) is 14.7 Å². The van der Waals surface area contributed by atoms with Crippen LogP contribution in [0.15, 0.2) is 40.9 Å². The zero-order valence-corrected chi connectivity index (χ0v) is 19.9. The van der Waals surface area contributed by atoms with Gasteiger partial charge in [0.05, 0.1) is 29.8 Å². The largest absolute Gasteiger partial charge is 0.416 e. The Morgan fingerprint density at radius 1 is 0.897 bits per heavy atom. The summed E-state index contributed by atoms with van der Waals surface area (Å²) in [6, 6.07) is 4.50. The third-order valence-corrected chi connectivity index (χ3v) is 5.94. The van der Waals surface area contributed by atoms with Gasteiger partial charge in [-0.2, -0.15) is 44.5 Å². The number of rotatable bonds is 6. The number of nitrogens with zero attached hydrogens (tertiary/aromatic N) is 4. The van der Waals surface area contributed by atoms with Crippen LogP contribution in [0.25, 0.3) is 27.2 Å². The summed E-state index contributed by atoms with van der Waals surface area (Å²) in [5, 5.41) is 3.42. The van der Waals surface area contributed by atoms with Crippen molar-refractivity contribution in [2.24, 2.45) is 0 Å². The molecule has 0 aliphatic heterocycles. The first kappa shape index (κ1) is 28.0. The summed E-state index contributed by atoms with van der Waals surface area (Å²) >= 11 is 0. The van der Waals surface area contributed by atoms with Gasteiger partial charge in [-0.05, 0) is 43.2 Å². The highest BCUT2D eigenvalue weighted by atomic mass is 19.4. The second kappa shape index (κ2) is 9.94. The van der Waals surface area contributed by atoms with Gasteiger partial charge >= 0.3 is 18.5 Å². The second-order valence-corrected chi connectivity index (χ2v) is 8.64. The molecule has 0 saturated heterocycles. The minimum Gasteiger partial charge on any atom is -0.337 e. The first-order chi connectivity index (χ1) is 18.1. The Morgan fingerprint density at radius 3 is 2.08 bits per heavy atom. The molecular formula is C25H17F9N4O. The number of fused-ring (bicyclic) bond motifs is 1. The number of halogens is 9. The summed E-state index contributed by atoms with van der Waals surface area (Å²) in [6.45, 7) is 8.72. The Kier molecular flexibility index (Phi) is 7.14. The smallest absolute Gasteiger partial charge is 0.337 e. The van der Waals surface area contributed by atoms with E-state index < -0.39 is 52.4 Å². The SMILES string of the molecule is [C-]#[N+]c1ccc2c(cc(CCCC)n2Cc2noc(-c3cc(C(F)(F)F)cc(C(F)(F)F)c3)n2)c1C(F)(F)F. The Bertz CT molecular complexity index is 1520. The highest BCUT2D eigenvalue weighted by molar-refractivity contribution is 5.90. The first-order valence-corrected chi connectivity index (χ1v) is 11.4. The van der Waals surface area contributed by atoms with Crippen LogP contribution < -0.4 is 0 Å². The van der Waals surface area contributed by atoms with Gasteiger partial charge in [-0.1, -0.05) is 24.6 Å². The van der Waals surface area contributed by atoms with Gasteiger partial charge in [0, 0.05) is 22.2 Å². The molecule has 0 fully saturated rings. The number of hydrogen-bond donors (Lipinski definition) is 0. The molecule has 0 spiro atoms. The average molecular weight is 560 g/mol. The molecule has 206 valence electrons. The Labute approximate surface area is 214 Å². The fraction of sp³-hybridized carbons (Fsp3) is 0.320. The number of hydrogen-bond acceptors (Lipinski definition) is 3. The van der Waals surface area contributed by atoms with Crippen LogP contribution in [0.5, 0.6) is 0 Å². The van der Waals surface area contributed by atoms with Crippen molar-refractivity contribution < 1.29 is 44.0 Å². The molecule has 0 aliphatic rings. The second-order valence-electron chi connectivity index (χ2n) is 8.64. The molecule has 2 heterocycles. The van der Waals surface area contributed by atoms with Crippen LogP contribution in [0.3, 0.4) is 0 Å². The minimum absolute atomic E-state index is 0.0393. The van der Waals surface area contributed by atoms with Crippen molar-refractivity contribution >= 4 is 16.6 Å². The number of unbranched alkanes of at least 4 members (excludes halogenated alkanes) is 1. The van der Waals surface area contributed by atoms with E-state index in [0.29, 0.717) is 37.1 Å². The zero-order valence-electron chi connectivity index (χ0n) is 19.9. The predicted molar refractivity (Wildman–Crippen MR) is 121 cm³/mol. The molecule has 0 saturated carbocycles. The van der Waals surface area contributed by atoms with Crippen molar-refractivity contribution in [3.05, 3.63) is 76.0 Å². The summed E-state index contributed by atoms with van der Waals surface area (Å²) in [5.41, 5.74) is -4.90. The standard InChI is InChI=1S/C25H17F9N4O/c1-3-4-5-16-11-17-19(7-6-18(35-2)21(17)25(32,33)34)38(16)12-20-36-22(39-37-20)13-8-14(23(26,27)28)10-15(9-13)24(29,30)31/h6-11H,3-5,12H2,1H3. The van der Waals surface area contributed by atoms with E-state index in [4.69, 9.17) is 11.1 Å². The predicted octanol–water partition coefficient (Wildman–Crippen LogP) is 8.69. The van der Waals surface area contributed by atoms with Gasteiger partial charge in [0.1, 0.15) is 0 Å². The van der Waals surface area contributed by atoms with E-state index in [1.807, 2.05) is 6.92 Å². The average Bonchev–Trinajstić information content (AvgIpc) is 3.45. The summed E-state index contributed by atoms with van der Waals surface area (Å²) < 4.78 is 127. The van der Waals surface area contributed by atoms with Crippen LogP contribution in [0.2, 0.25) is 0 Å². The van der Waals surface area contributed by atoms with Gasteiger partial charge in [-0.25, -0.2) is 4.85 Å². The van der Waals surface area contributed by atoms with Gasteiger partial charge < -0.3 is 9.09 Å². The highest BCUT2D eigenvalue weighted by Gasteiger charge is 2.38. The van der Waals surface area contributed by atoms with E-state index in [2.05, 4.69) is 15.0 Å². The Hall–Kier alpha value is -4.02. The maximum atomic E-state index is 13.9.